The van der Waals surface area contributed by atoms with E-state index in [1.165, 1.54) is 12.1 Å². The van der Waals surface area contributed by atoms with Gasteiger partial charge in [-0.15, -0.1) is 0 Å². The maximum atomic E-state index is 5.27. The summed E-state index contributed by atoms with van der Waals surface area (Å²) in [4.78, 5) is 7.07. The highest BCUT2D eigenvalue weighted by Gasteiger charge is 2.16. The van der Waals surface area contributed by atoms with Crippen LogP contribution in [0.3, 0.4) is 0 Å². The molecule has 1 aromatic rings. The molecule has 0 bridgehead atoms. The lowest BCUT2D eigenvalue weighted by Crippen LogP contribution is -2.03. The first-order valence-electron chi connectivity index (χ1n) is 4.00. The van der Waals surface area contributed by atoms with Crippen molar-refractivity contribution in [3.63, 3.8) is 0 Å². The summed E-state index contributed by atoms with van der Waals surface area (Å²) in [6.07, 6.45) is 5.89. The number of H-pyrrole nitrogens is 1. The third kappa shape index (κ3) is 1.60. The number of ether oxygens (including phenoxy) is 1. The van der Waals surface area contributed by atoms with Crippen LogP contribution in [0.1, 0.15) is 12.1 Å². The fourth-order valence-corrected chi connectivity index (χ4v) is 1.45. The highest BCUT2D eigenvalue weighted by atomic mass is 16.5. The van der Waals surface area contributed by atoms with Gasteiger partial charge in [-0.1, -0.05) is 0 Å². The van der Waals surface area contributed by atoms with Gasteiger partial charge in [0, 0.05) is 25.1 Å². The van der Waals surface area contributed by atoms with Crippen molar-refractivity contribution in [1.82, 2.24) is 9.97 Å². The molecule has 0 aromatic carbocycles. The van der Waals surface area contributed by atoms with Crippen molar-refractivity contribution in [2.75, 3.05) is 13.2 Å². The van der Waals surface area contributed by atoms with Crippen molar-refractivity contribution in [1.29, 1.82) is 0 Å². The minimum atomic E-state index is 0.704. The molecule has 1 saturated heterocycles. The number of imidazole rings is 1. The molecule has 2 rings (SSSR count). The van der Waals surface area contributed by atoms with E-state index in [0.29, 0.717) is 5.92 Å². The van der Waals surface area contributed by atoms with E-state index in [4.69, 9.17) is 4.74 Å². The van der Waals surface area contributed by atoms with Crippen molar-refractivity contribution in [3.05, 3.63) is 18.2 Å². The van der Waals surface area contributed by atoms with Gasteiger partial charge in [-0.05, 0) is 18.8 Å². The van der Waals surface area contributed by atoms with Crippen molar-refractivity contribution in [2.24, 2.45) is 5.92 Å². The molecule has 1 atom stereocenters. The van der Waals surface area contributed by atoms with Crippen LogP contribution >= 0.6 is 0 Å². The highest BCUT2D eigenvalue weighted by Crippen LogP contribution is 2.16. The summed E-state index contributed by atoms with van der Waals surface area (Å²) in [6, 6.07) is 0. The Hall–Kier alpha value is -0.830. The van der Waals surface area contributed by atoms with Gasteiger partial charge >= 0.3 is 0 Å². The van der Waals surface area contributed by atoms with E-state index < -0.39 is 0 Å². The topological polar surface area (TPSA) is 37.9 Å². The first-order chi connectivity index (χ1) is 5.45. The van der Waals surface area contributed by atoms with Crippen LogP contribution < -0.4 is 0 Å². The van der Waals surface area contributed by atoms with Crippen molar-refractivity contribution in [2.45, 2.75) is 12.8 Å². The van der Waals surface area contributed by atoms with E-state index in [1.807, 2.05) is 6.20 Å². The van der Waals surface area contributed by atoms with Crippen LogP contribution in [0.4, 0.5) is 0 Å². The third-order valence-electron chi connectivity index (χ3n) is 2.09. The average molecular weight is 152 g/mol. The van der Waals surface area contributed by atoms with Gasteiger partial charge in [0.2, 0.25) is 0 Å². The zero-order valence-corrected chi connectivity index (χ0v) is 6.42. The molecule has 1 aromatic heterocycles. The highest BCUT2D eigenvalue weighted by molar-refractivity contribution is 4.96. The molecule has 60 valence electrons. The molecule has 1 unspecified atom stereocenters. The minimum Gasteiger partial charge on any atom is -0.381 e. The van der Waals surface area contributed by atoms with Gasteiger partial charge in [0.1, 0.15) is 0 Å². The van der Waals surface area contributed by atoms with Crippen LogP contribution in [-0.4, -0.2) is 23.2 Å². The Labute approximate surface area is 65.8 Å². The Kier molecular flexibility index (Phi) is 1.90. The van der Waals surface area contributed by atoms with Gasteiger partial charge in [-0.3, -0.25) is 0 Å². The summed E-state index contributed by atoms with van der Waals surface area (Å²) in [6.45, 7) is 1.85. The Bertz CT molecular complexity index is 202. The van der Waals surface area contributed by atoms with Crippen molar-refractivity contribution >= 4 is 0 Å². The first kappa shape index (κ1) is 6.85. The molecular formula is C8H12N2O. The molecule has 11 heavy (non-hydrogen) atoms. The maximum Gasteiger partial charge on any atom is 0.0921 e. The second-order valence-corrected chi connectivity index (χ2v) is 3.01. The summed E-state index contributed by atoms with van der Waals surface area (Å²) in [5, 5.41) is 0. The van der Waals surface area contributed by atoms with Crippen LogP contribution in [0.2, 0.25) is 0 Å². The normalized spacial score (nSPS) is 24.2. The Morgan fingerprint density at radius 3 is 3.36 bits per heavy atom. The third-order valence-corrected chi connectivity index (χ3v) is 2.09. The second-order valence-electron chi connectivity index (χ2n) is 3.01. The Morgan fingerprint density at radius 1 is 1.73 bits per heavy atom. The average Bonchev–Trinajstić information content (AvgIpc) is 2.60. The van der Waals surface area contributed by atoms with Crippen LogP contribution in [0.15, 0.2) is 12.5 Å². The summed E-state index contributed by atoms with van der Waals surface area (Å²) in [7, 11) is 0. The molecule has 1 aliphatic heterocycles. The number of nitrogens with zero attached hydrogens (tertiary/aromatic N) is 1. The van der Waals surface area contributed by atoms with Crippen LogP contribution in [0, 0.1) is 5.92 Å². The number of aromatic nitrogens is 2. The van der Waals surface area contributed by atoms with Gasteiger partial charge < -0.3 is 9.72 Å². The predicted octanol–water partition coefficient (Wildman–Crippen LogP) is 0.989. The second kappa shape index (κ2) is 3.05. The van der Waals surface area contributed by atoms with Crippen molar-refractivity contribution < 1.29 is 4.74 Å². The fraction of sp³-hybridized carbons (Fsp3) is 0.625. The van der Waals surface area contributed by atoms with E-state index >= 15 is 0 Å². The SMILES string of the molecule is c1ncc(CC2CCOC2)[nH]1. The predicted molar refractivity (Wildman–Crippen MR) is 41.2 cm³/mol. The summed E-state index contributed by atoms with van der Waals surface area (Å²) in [5.41, 5.74) is 1.22. The molecule has 1 N–H and O–H groups in total. The number of rotatable bonds is 2. The van der Waals surface area contributed by atoms with Gasteiger partial charge in [-0.2, -0.15) is 0 Å². The quantitative estimate of drug-likeness (QED) is 0.686. The van der Waals surface area contributed by atoms with Gasteiger partial charge in [-0.25, -0.2) is 4.98 Å². The molecule has 0 aliphatic carbocycles. The summed E-state index contributed by atoms with van der Waals surface area (Å²) < 4.78 is 5.27. The molecule has 2 heterocycles. The van der Waals surface area contributed by atoms with Crippen LogP contribution in [0.5, 0.6) is 0 Å². The van der Waals surface area contributed by atoms with E-state index in [0.717, 1.165) is 19.6 Å². The summed E-state index contributed by atoms with van der Waals surface area (Å²) >= 11 is 0. The lowest BCUT2D eigenvalue weighted by molar-refractivity contribution is 0.185. The molecule has 1 fully saturated rings. The molecule has 3 nitrogen and oxygen atoms in total. The smallest absolute Gasteiger partial charge is 0.0921 e. The molecular weight excluding hydrogens is 140 g/mol. The van der Waals surface area contributed by atoms with Gasteiger partial charge in [0.25, 0.3) is 0 Å². The summed E-state index contributed by atoms with van der Waals surface area (Å²) in [5.74, 6) is 0.704. The number of aromatic amines is 1. The van der Waals surface area contributed by atoms with Gasteiger partial charge in [0.15, 0.2) is 0 Å². The van der Waals surface area contributed by atoms with E-state index in [-0.39, 0.29) is 0 Å². The molecule has 0 amide bonds. The zero-order valence-electron chi connectivity index (χ0n) is 6.42. The first-order valence-corrected chi connectivity index (χ1v) is 4.00. The maximum absolute atomic E-state index is 5.27. The van der Waals surface area contributed by atoms with Crippen molar-refractivity contribution in [3.8, 4) is 0 Å². The molecule has 0 spiro atoms. The zero-order chi connectivity index (χ0) is 7.52. The van der Waals surface area contributed by atoms with Gasteiger partial charge in [0.05, 0.1) is 6.33 Å². The largest absolute Gasteiger partial charge is 0.381 e. The monoisotopic (exact) mass is 152 g/mol. The lowest BCUT2D eigenvalue weighted by Gasteiger charge is -2.03. The Morgan fingerprint density at radius 2 is 2.73 bits per heavy atom. The Balaban J connectivity index is 1.90. The van der Waals surface area contributed by atoms with E-state index in [2.05, 4.69) is 9.97 Å². The number of nitrogens with one attached hydrogen (secondary N) is 1. The van der Waals surface area contributed by atoms with E-state index in [1.54, 1.807) is 6.33 Å². The molecule has 3 heteroatoms. The molecule has 0 radical (unpaired) electrons. The number of hydrogen-bond donors (Lipinski definition) is 1. The lowest BCUT2D eigenvalue weighted by atomic mass is 10.0. The van der Waals surface area contributed by atoms with Crippen LogP contribution in [-0.2, 0) is 11.2 Å². The molecule has 0 saturated carbocycles. The fourth-order valence-electron chi connectivity index (χ4n) is 1.45. The van der Waals surface area contributed by atoms with E-state index in [9.17, 15) is 0 Å². The van der Waals surface area contributed by atoms with Crippen LogP contribution in [0.25, 0.3) is 0 Å². The number of hydrogen-bond acceptors (Lipinski definition) is 2. The molecule has 1 aliphatic rings. The minimum absolute atomic E-state index is 0.704. The standard InChI is InChI=1S/C8H12N2O/c1-2-11-5-7(1)3-8-4-9-6-10-8/h4,6-7H,1-3,5H2,(H,9,10).